The molecule has 0 bridgehead atoms. The van der Waals surface area contributed by atoms with Crippen LogP contribution in [0.15, 0.2) is 72.8 Å². The van der Waals surface area contributed by atoms with Crippen molar-refractivity contribution in [2.24, 2.45) is 11.8 Å². The second-order valence-corrected chi connectivity index (χ2v) is 11.9. The Kier molecular flexibility index (Phi) is 12.2. The lowest BCUT2D eigenvalue weighted by Gasteiger charge is -2.37. The first-order valence-electron chi connectivity index (χ1n) is 15.5. The van der Waals surface area contributed by atoms with Crippen molar-refractivity contribution in [3.05, 3.63) is 89.5 Å². The first-order valence-corrected chi connectivity index (χ1v) is 15.5. The molecule has 1 aliphatic rings. The predicted octanol–water partition coefficient (Wildman–Crippen LogP) is 8.19. The zero-order valence-electron chi connectivity index (χ0n) is 26.9. The summed E-state index contributed by atoms with van der Waals surface area (Å²) >= 11 is 0. The van der Waals surface area contributed by atoms with E-state index in [1.165, 1.54) is 31.4 Å². The number of nitrogens with one attached hydrogen (secondary N) is 2. The molecule has 3 aromatic carbocycles. The van der Waals surface area contributed by atoms with E-state index in [-0.39, 0.29) is 28.9 Å². The summed E-state index contributed by atoms with van der Waals surface area (Å²) in [5, 5.41) is 4.01. The van der Waals surface area contributed by atoms with Gasteiger partial charge in [0.2, 0.25) is 0 Å². The van der Waals surface area contributed by atoms with E-state index < -0.39 is 54.9 Å². The molecule has 1 fully saturated rings. The topological polar surface area (TPSA) is 95.1 Å². The molecule has 0 unspecified atom stereocenters. The fourth-order valence-corrected chi connectivity index (χ4v) is 5.85. The Balaban J connectivity index is 1.70. The average molecular weight is 737 g/mol. The lowest BCUT2D eigenvalue weighted by Crippen LogP contribution is -2.53. The van der Waals surface area contributed by atoms with Crippen LogP contribution in [-0.2, 0) is 21.5 Å². The van der Waals surface area contributed by atoms with Gasteiger partial charge in [-0.05, 0) is 84.7 Å². The van der Waals surface area contributed by atoms with E-state index in [4.69, 9.17) is 9.47 Å². The van der Waals surface area contributed by atoms with E-state index in [2.05, 4.69) is 14.8 Å². The monoisotopic (exact) mass is 736 g/mol. The van der Waals surface area contributed by atoms with Crippen LogP contribution in [0.2, 0.25) is 0 Å². The van der Waals surface area contributed by atoms with E-state index in [1.807, 2.05) is 0 Å². The van der Waals surface area contributed by atoms with Crippen LogP contribution in [0, 0.1) is 11.8 Å². The first-order chi connectivity index (χ1) is 23.8. The molecule has 2 N–H and O–H groups in total. The fourth-order valence-electron chi connectivity index (χ4n) is 5.85. The van der Waals surface area contributed by atoms with Crippen molar-refractivity contribution >= 4 is 12.0 Å². The number of urea groups is 1. The van der Waals surface area contributed by atoms with Gasteiger partial charge in [-0.1, -0.05) is 36.4 Å². The molecule has 2 amide bonds. The van der Waals surface area contributed by atoms with Gasteiger partial charge in [0.15, 0.2) is 0 Å². The molecule has 8 nitrogen and oxygen atoms in total. The third-order valence-electron chi connectivity index (χ3n) is 8.16. The highest BCUT2D eigenvalue weighted by atomic mass is 19.4. The van der Waals surface area contributed by atoms with E-state index in [0.717, 1.165) is 49.2 Å². The molecule has 0 aliphatic heterocycles. The fraction of sp³-hybridized carbons (Fsp3) is 0.412. The Morgan fingerprint density at radius 1 is 0.725 bits per heavy atom. The molecule has 0 spiro atoms. The molecule has 51 heavy (non-hydrogen) atoms. The van der Waals surface area contributed by atoms with Crippen LogP contribution < -0.4 is 24.8 Å². The Bertz CT molecular complexity index is 1560. The number of rotatable bonds is 12. The van der Waals surface area contributed by atoms with Crippen molar-refractivity contribution in [3.8, 4) is 17.2 Å². The summed E-state index contributed by atoms with van der Waals surface area (Å²) in [4.78, 5) is 24.9. The summed E-state index contributed by atoms with van der Waals surface area (Å²) < 4.78 is 137. The van der Waals surface area contributed by atoms with Gasteiger partial charge in [-0.15, -0.1) is 26.3 Å². The average Bonchev–Trinajstić information content (AvgIpc) is 3.05. The maximum absolute atomic E-state index is 13.2. The third kappa shape index (κ3) is 11.9. The Hall–Kier alpha value is -4.83. The molecule has 1 aliphatic carbocycles. The molecule has 278 valence electrons. The molecule has 4 rings (SSSR count). The molecule has 0 aromatic heterocycles. The normalized spacial score (nSPS) is 16.9. The van der Waals surface area contributed by atoms with Crippen LogP contribution >= 0.6 is 0 Å². The zero-order chi connectivity index (χ0) is 37.5. The summed E-state index contributed by atoms with van der Waals surface area (Å²) in [5.41, 5.74) is -2.12. The molecule has 17 heteroatoms. The largest absolute Gasteiger partial charge is 0.573 e. The summed E-state index contributed by atoms with van der Waals surface area (Å²) in [6.45, 7) is -1.46. The number of ether oxygens (including phenoxy) is 4. The van der Waals surface area contributed by atoms with Gasteiger partial charge in [0.05, 0.1) is 25.2 Å². The number of hydrogen-bond donors (Lipinski definition) is 2. The van der Waals surface area contributed by atoms with Gasteiger partial charge < -0.3 is 29.6 Å². The Morgan fingerprint density at radius 2 is 1.25 bits per heavy atom. The third-order valence-corrected chi connectivity index (χ3v) is 8.16. The lowest BCUT2D eigenvalue weighted by atomic mass is 9.77. The summed E-state index contributed by atoms with van der Waals surface area (Å²) in [6.07, 6.45) is -12.8. The maximum Gasteiger partial charge on any atom is 0.573 e. The molecule has 0 atom stereocenters. The smallest absolute Gasteiger partial charge is 0.493 e. The van der Waals surface area contributed by atoms with Gasteiger partial charge in [0, 0.05) is 6.42 Å². The minimum Gasteiger partial charge on any atom is -0.493 e. The van der Waals surface area contributed by atoms with Crippen LogP contribution in [-0.4, -0.2) is 51.2 Å². The number of amides is 2. The van der Waals surface area contributed by atoms with Crippen molar-refractivity contribution in [3.63, 3.8) is 0 Å². The van der Waals surface area contributed by atoms with E-state index in [1.54, 1.807) is 17.4 Å². The minimum absolute atomic E-state index is 0.162. The van der Waals surface area contributed by atoms with Gasteiger partial charge in [-0.2, -0.15) is 13.2 Å². The summed E-state index contributed by atoms with van der Waals surface area (Å²) in [5.74, 6) is -1.39. The van der Waals surface area contributed by atoms with Crippen molar-refractivity contribution in [2.75, 3.05) is 20.3 Å². The number of benzene rings is 3. The standard InChI is InChI=1S/C34H33F9N2O6/c1-48-29(46)23-12-8-22(9-13-23)19-49-26-14-10-21(11-15-26)18-31(45-30(47)44-20-32(35,36)37,24-4-2-6-27(16-24)50-33(38,39)40)25-5-3-7-28(17-25)51-34(41,42)43/h2-7,10-11,14-17,22-23H,8-9,12-13,18-20H2,1H3,(H2,44,45,47)/t22-,23+. The van der Waals surface area contributed by atoms with Crippen LogP contribution in [0.4, 0.5) is 44.3 Å². The second-order valence-electron chi connectivity index (χ2n) is 11.9. The quantitative estimate of drug-likeness (QED) is 0.144. The van der Waals surface area contributed by atoms with Gasteiger partial charge >= 0.3 is 30.9 Å². The molecule has 0 heterocycles. The first kappa shape index (κ1) is 39.0. The summed E-state index contributed by atoms with van der Waals surface area (Å²) in [6, 6.07) is 13.0. The van der Waals surface area contributed by atoms with E-state index in [0.29, 0.717) is 30.8 Å². The molecule has 0 radical (unpaired) electrons. The number of halogens is 9. The highest BCUT2D eigenvalue weighted by Crippen LogP contribution is 2.39. The number of carbonyl (C=O) groups excluding carboxylic acids is 2. The van der Waals surface area contributed by atoms with Crippen LogP contribution in [0.25, 0.3) is 0 Å². The SMILES string of the molecule is COC(=O)[C@H]1CC[C@@H](COc2ccc(CC(NC(=O)NCC(F)(F)F)(c3cccc(OC(F)(F)F)c3)c3cccc(OC(F)(F)F)c3)cc2)CC1. The maximum atomic E-state index is 13.2. The Morgan fingerprint density at radius 3 is 1.73 bits per heavy atom. The van der Waals surface area contributed by atoms with Crippen molar-refractivity contribution < 1.29 is 68.1 Å². The number of hydrogen-bond acceptors (Lipinski definition) is 6. The van der Waals surface area contributed by atoms with Crippen LogP contribution in [0.1, 0.15) is 42.4 Å². The predicted molar refractivity (Wildman–Crippen MR) is 163 cm³/mol. The summed E-state index contributed by atoms with van der Waals surface area (Å²) in [7, 11) is 1.34. The Labute approximate surface area is 286 Å². The second kappa shape index (κ2) is 16.0. The molecular formula is C34H33F9N2O6. The highest BCUT2D eigenvalue weighted by molar-refractivity contribution is 5.76. The number of carbonyl (C=O) groups is 2. The molecule has 0 saturated heterocycles. The van der Waals surface area contributed by atoms with Crippen molar-refractivity contribution in [2.45, 2.75) is 56.5 Å². The number of esters is 1. The van der Waals surface area contributed by atoms with Gasteiger partial charge in [0.25, 0.3) is 0 Å². The highest BCUT2D eigenvalue weighted by Gasteiger charge is 2.40. The minimum atomic E-state index is -5.16. The van der Waals surface area contributed by atoms with Crippen molar-refractivity contribution in [1.82, 2.24) is 10.6 Å². The molecule has 3 aromatic rings. The van der Waals surface area contributed by atoms with Gasteiger partial charge in [-0.25, -0.2) is 4.79 Å². The van der Waals surface area contributed by atoms with Crippen LogP contribution in [0.5, 0.6) is 17.2 Å². The van der Waals surface area contributed by atoms with Gasteiger partial charge in [0.1, 0.15) is 23.8 Å². The van der Waals surface area contributed by atoms with E-state index in [9.17, 15) is 49.1 Å². The molecular weight excluding hydrogens is 703 g/mol. The number of methoxy groups -OCH3 is 1. The van der Waals surface area contributed by atoms with Gasteiger partial charge in [-0.3, -0.25) is 4.79 Å². The van der Waals surface area contributed by atoms with Crippen molar-refractivity contribution in [1.29, 1.82) is 0 Å². The molecule has 1 saturated carbocycles. The van der Waals surface area contributed by atoms with E-state index >= 15 is 0 Å². The lowest BCUT2D eigenvalue weighted by molar-refractivity contribution is -0.275. The zero-order valence-corrected chi connectivity index (χ0v) is 26.9. The number of alkyl halides is 9. The van der Waals surface area contributed by atoms with Crippen LogP contribution in [0.3, 0.4) is 0 Å².